The predicted molar refractivity (Wildman–Crippen MR) is 134 cm³/mol. The first-order chi connectivity index (χ1) is 17.3. The molecule has 7 nitrogen and oxygen atoms in total. The van der Waals surface area contributed by atoms with Crippen molar-refractivity contribution in [1.82, 2.24) is 9.78 Å². The van der Waals surface area contributed by atoms with Crippen LogP contribution in [0.1, 0.15) is 23.7 Å². The summed E-state index contributed by atoms with van der Waals surface area (Å²) in [6.45, 7) is 3.70. The third-order valence-corrected chi connectivity index (χ3v) is 6.22. The normalized spacial score (nSPS) is 13.7. The number of H-pyrrole nitrogens is 1. The second kappa shape index (κ2) is 9.05. The van der Waals surface area contributed by atoms with Crippen molar-refractivity contribution in [1.29, 1.82) is 0 Å². The predicted octanol–water partition coefficient (Wildman–Crippen LogP) is 4.06. The number of hydrogen-bond acceptors (Lipinski definition) is 3. The molecule has 1 N–H and O–H groups in total. The van der Waals surface area contributed by atoms with E-state index in [1.54, 1.807) is 47.3 Å². The Morgan fingerprint density at radius 1 is 0.972 bits per heavy atom. The summed E-state index contributed by atoms with van der Waals surface area (Å²) in [6.07, 6.45) is 3.75. The SMILES string of the molecule is CCc1[nH]n(-c2cccc(Cl)c2)c(=O)c1C1=C([n+]2cccc(C)c2)C(=O)N(c2ccc(F)cc2)C1=O. The van der Waals surface area contributed by atoms with E-state index in [4.69, 9.17) is 11.6 Å². The molecule has 0 saturated carbocycles. The van der Waals surface area contributed by atoms with Gasteiger partial charge in [-0.15, -0.1) is 0 Å². The molecule has 1 aliphatic heterocycles. The van der Waals surface area contributed by atoms with Gasteiger partial charge in [-0.25, -0.2) is 14.0 Å². The summed E-state index contributed by atoms with van der Waals surface area (Å²) >= 11 is 6.14. The van der Waals surface area contributed by atoms with Crippen molar-refractivity contribution in [3.63, 3.8) is 0 Å². The maximum atomic E-state index is 13.8. The molecule has 36 heavy (non-hydrogen) atoms. The van der Waals surface area contributed by atoms with Crippen LogP contribution in [0.5, 0.6) is 0 Å². The molecule has 0 radical (unpaired) electrons. The van der Waals surface area contributed by atoms with Gasteiger partial charge >= 0.3 is 5.91 Å². The first-order valence-corrected chi connectivity index (χ1v) is 11.6. The van der Waals surface area contributed by atoms with E-state index in [1.165, 1.54) is 28.9 Å². The minimum absolute atomic E-state index is 0.0289. The Hall–Kier alpha value is -4.30. The zero-order chi connectivity index (χ0) is 25.6. The summed E-state index contributed by atoms with van der Waals surface area (Å²) in [4.78, 5) is 42.3. The average Bonchev–Trinajstić information content (AvgIpc) is 3.32. The summed E-state index contributed by atoms with van der Waals surface area (Å²) < 4.78 is 16.4. The number of nitrogens with one attached hydrogen (secondary N) is 1. The number of hydrogen-bond donors (Lipinski definition) is 1. The number of aromatic nitrogens is 3. The maximum Gasteiger partial charge on any atom is 0.331 e. The van der Waals surface area contributed by atoms with Gasteiger partial charge in [-0.1, -0.05) is 24.6 Å². The topological polar surface area (TPSA) is 79.1 Å². The van der Waals surface area contributed by atoms with Gasteiger partial charge in [-0.3, -0.25) is 19.5 Å². The van der Waals surface area contributed by atoms with Gasteiger partial charge in [0.15, 0.2) is 12.4 Å². The molecular weight excluding hydrogens is 483 g/mol. The molecule has 0 spiro atoms. The highest BCUT2D eigenvalue weighted by Gasteiger charge is 2.48. The van der Waals surface area contributed by atoms with Gasteiger partial charge in [0.1, 0.15) is 11.4 Å². The highest BCUT2D eigenvalue weighted by atomic mass is 35.5. The summed E-state index contributed by atoms with van der Waals surface area (Å²) in [5.74, 6) is -1.78. The third-order valence-electron chi connectivity index (χ3n) is 5.99. The molecule has 2 aromatic carbocycles. The summed E-state index contributed by atoms with van der Waals surface area (Å²) in [6, 6.07) is 15.4. The van der Waals surface area contributed by atoms with E-state index in [1.807, 2.05) is 19.9 Å². The Balaban J connectivity index is 1.78. The van der Waals surface area contributed by atoms with E-state index in [0.717, 1.165) is 10.5 Å². The Kier molecular flexibility index (Phi) is 5.89. The number of pyridine rings is 1. The van der Waals surface area contributed by atoms with Gasteiger partial charge in [-0.05, 0) is 61.9 Å². The lowest BCUT2D eigenvalue weighted by Crippen LogP contribution is -2.39. The van der Waals surface area contributed by atoms with Crippen molar-refractivity contribution in [2.75, 3.05) is 4.90 Å². The van der Waals surface area contributed by atoms with Gasteiger partial charge in [0.2, 0.25) is 0 Å². The molecular formula is C27H21ClFN4O3+. The lowest BCUT2D eigenvalue weighted by molar-refractivity contribution is -0.577. The number of halogens is 2. The molecule has 0 unspecified atom stereocenters. The Morgan fingerprint density at radius 2 is 1.72 bits per heavy atom. The van der Waals surface area contributed by atoms with Gasteiger partial charge in [0.25, 0.3) is 17.2 Å². The second-order valence-electron chi connectivity index (χ2n) is 8.37. The van der Waals surface area contributed by atoms with E-state index >= 15 is 0 Å². The zero-order valence-electron chi connectivity index (χ0n) is 19.5. The minimum atomic E-state index is -0.667. The summed E-state index contributed by atoms with van der Waals surface area (Å²) in [5.41, 5.74) is 1.66. The Bertz CT molecular complexity index is 1620. The van der Waals surface area contributed by atoms with Crippen molar-refractivity contribution in [2.45, 2.75) is 20.3 Å². The molecule has 5 rings (SSSR count). The number of imide groups is 1. The van der Waals surface area contributed by atoms with Gasteiger partial charge in [0.05, 0.1) is 16.9 Å². The number of benzene rings is 2. The lowest BCUT2D eigenvalue weighted by atomic mass is 10.0. The standard InChI is InChI=1S/C27H20ClFN4O3/c1-3-21-22(26(35)33(30-21)20-8-4-7-17(28)14-20)23-24(31-13-5-6-16(2)15-31)27(36)32(25(23)34)19-11-9-18(29)10-12-19/h4-15H,3H2,1-2H3/p+1. The van der Waals surface area contributed by atoms with Gasteiger partial charge in [-0.2, -0.15) is 4.57 Å². The monoisotopic (exact) mass is 503 g/mol. The molecule has 9 heteroatoms. The van der Waals surface area contributed by atoms with Crippen molar-refractivity contribution >= 4 is 40.4 Å². The zero-order valence-corrected chi connectivity index (χ0v) is 20.2. The van der Waals surface area contributed by atoms with Crippen LogP contribution in [0, 0.1) is 12.7 Å². The van der Waals surface area contributed by atoms with Crippen LogP contribution in [0.25, 0.3) is 17.0 Å². The van der Waals surface area contributed by atoms with Gasteiger partial charge < -0.3 is 0 Å². The quantitative estimate of drug-likeness (QED) is 0.329. The minimum Gasteiger partial charge on any atom is -0.294 e. The number of rotatable bonds is 5. The highest BCUT2D eigenvalue weighted by Crippen LogP contribution is 2.33. The number of anilines is 1. The van der Waals surface area contributed by atoms with E-state index in [9.17, 15) is 18.8 Å². The molecule has 0 atom stereocenters. The van der Waals surface area contributed by atoms with Crippen LogP contribution in [0.15, 0.2) is 77.9 Å². The molecule has 180 valence electrons. The fourth-order valence-electron chi connectivity index (χ4n) is 4.33. The molecule has 3 heterocycles. The lowest BCUT2D eigenvalue weighted by Gasteiger charge is -2.13. The largest absolute Gasteiger partial charge is 0.331 e. The van der Waals surface area contributed by atoms with Crippen molar-refractivity contribution < 1.29 is 18.5 Å². The van der Waals surface area contributed by atoms with Crippen LogP contribution in [0.3, 0.4) is 0 Å². The Morgan fingerprint density at radius 3 is 2.39 bits per heavy atom. The van der Waals surface area contributed by atoms with Crippen LogP contribution < -0.4 is 15.0 Å². The average molecular weight is 504 g/mol. The number of nitrogens with zero attached hydrogens (tertiary/aromatic N) is 3. The molecule has 0 fully saturated rings. The number of aryl methyl sites for hydroxylation is 2. The van der Waals surface area contributed by atoms with Crippen molar-refractivity contribution in [3.05, 3.63) is 111 Å². The molecule has 0 saturated heterocycles. The number of amides is 2. The molecule has 2 aromatic heterocycles. The first-order valence-electron chi connectivity index (χ1n) is 11.3. The van der Waals surface area contributed by atoms with E-state index in [2.05, 4.69) is 5.10 Å². The first kappa shape index (κ1) is 23.4. The van der Waals surface area contributed by atoms with E-state index in [0.29, 0.717) is 22.8 Å². The smallest absolute Gasteiger partial charge is 0.294 e. The molecule has 0 bridgehead atoms. The third kappa shape index (κ3) is 3.85. The molecule has 2 amide bonds. The second-order valence-corrected chi connectivity index (χ2v) is 8.81. The van der Waals surface area contributed by atoms with Crippen molar-refractivity contribution in [3.8, 4) is 5.69 Å². The van der Waals surface area contributed by atoms with Crippen LogP contribution in [-0.4, -0.2) is 21.6 Å². The van der Waals surface area contributed by atoms with Crippen LogP contribution in [0.2, 0.25) is 5.02 Å². The molecule has 0 aliphatic carbocycles. The van der Waals surface area contributed by atoms with Crippen LogP contribution in [0.4, 0.5) is 10.1 Å². The summed E-state index contributed by atoms with van der Waals surface area (Å²) in [7, 11) is 0. The molecule has 1 aliphatic rings. The number of aromatic amines is 1. The van der Waals surface area contributed by atoms with E-state index < -0.39 is 23.2 Å². The molecule has 4 aromatic rings. The fourth-order valence-corrected chi connectivity index (χ4v) is 4.52. The van der Waals surface area contributed by atoms with Crippen molar-refractivity contribution in [2.24, 2.45) is 0 Å². The number of carbonyl (C=O) groups is 2. The van der Waals surface area contributed by atoms with Gasteiger partial charge in [0, 0.05) is 22.3 Å². The maximum absolute atomic E-state index is 13.8. The van der Waals surface area contributed by atoms with Crippen LogP contribution in [-0.2, 0) is 16.0 Å². The highest BCUT2D eigenvalue weighted by molar-refractivity contribution is 6.53. The number of carbonyl (C=O) groups excluding carboxylic acids is 2. The fraction of sp³-hybridized carbons (Fsp3) is 0.111. The Labute approximate surface area is 210 Å². The van der Waals surface area contributed by atoms with Crippen LogP contribution >= 0.6 is 11.6 Å². The summed E-state index contributed by atoms with van der Waals surface area (Å²) in [5, 5.41) is 3.51. The van der Waals surface area contributed by atoms with E-state index in [-0.39, 0.29) is 22.5 Å².